The van der Waals surface area contributed by atoms with Crippen LogP contribution in [-0.2, 0) is 10.9 Å². The van der Waals surface area contributed by atoms with Crippen LogP contribution in [0.2, 0.25) is 0 Å². The van der Waals surface area contributed by atoms with E-state index in [4.69, 9.17) is 4.74 Å². The van der Waals surface area contributed by atoms with E-state index in [-0.39, 0.29) is 22.3 Å². The van der Waals surface area contributed by atoms with Gasteiger partial charge in [0, 0.05) is 6.07 Å². The summed E-state index contributed by atoms with van der Waals surface area (Å²) in [6.45, 7) is 2.12. The van der Waals surface area contributed by atoms with E-state index in [9.17, 15) is 4.39 Å². The van der Waals surface area contributed by atoms with Crippen LogP contribution in [0.1, 0.15) is 32.6 Å². The summed E-state index contributed by atoms with van der Waals surface area (Å²) in [4.78, 5) is 3.51. The molecule has 4 rings (SSSR count). The van der Waals surface area contributed by atoms with E-state index in [0.717, 1.165) is 30.6 Å². The predicted octanol–water partition coefficient (Wildman–Crippen LogP) is 6.63. The van der Waals surface area contributed by atoms with Gasteiger partial charge in [0.15, 0.2) is 26.3 Å². The second-order valence-electron chi connectivity index (χ2n) is 7.02. The first-order valence-corrected chi connectivity index (χ1v) is 10.8. The highest BCUT2D eigenvalue weighted by atomic mass is 32.2. The van der Waals surface area contributed by atoms with Gasteiger partial charge in [0.2, 0.25) is 0 Å². The molecule has 1 saturated carbocycles. The van der Waals surface area contributed by atoms with Gasteiger partial charge in [0.05, 0.1) is 10.9 Å². The molecule has 0 saturated heterocycles. The molecular formula is C24H24FOS+. The van der Waals surface area contributed by atoms with Gasteiger partial charge in [-0.25, -0.2) is 4.39 Å². The molecule has 0 aliphatic heterocycles. The molecule has 3 aromatic rings. The van der Waals surface area contributed by atoms with E-state index in [1.165, 1.54) is 9.79 Å². The maximum atomic E-state index is 14.5. The Morgan fingerprint density at radius 1 is 0.852 bits per heavy atom. The quantitative estimate of drug-likeness (QED) is 0.437. The van der Waals surface area contributed by atoms with Crippen LogP contribution < -0.4 is 4.74 Å². The van der Waals surface area contributed by atoms with E-state index in [1.807, 2.05) is 24.3 Å². The van der Waals surface area contributed by atoms with Gasteiger partial charge in [-0.3, -0.25) is 0 Å². The molecule has 0 atom stereocenters. The van der Waals surface area contributed by atoms with Crippen molar-refractivity contribution in [1.29, 1.82) is 0 Å². The Bertz CT molecular complexity index is 846. The Kier molecular flexibility index (Phi) is 5.22. The third-order valence-electron chi connectivity index (χ3n) is 5.33. The molecule has 138 valence electrons. The summed E-state index contributed by atoms with van der Waals surface area (Å²) in [5.74, 6) is 0.113. The Labute approximate surface area is 163 Å². The molecule has 3 heteroatoms. The van der Waals surface area contributed by atoms with E-state index in [2.05, 4.69) is 55.5 Å². The lowest BCUT2D eigenvalue weighted by molar-refractivity contribution is -0.0136. The zero-order valence-corrected chi connectivity index (χ0v) is 16.3. The molecule has 1 aliphatic carbocycles. The molecule has 1 nitrogen and oxygen atoms in total. The zero-order chi connectivity index (χ0) is 18.7. The van der Waals surface area contributed by atoms with E-state index >= 15 is 0 Å². The molecule has 27 heavy (non-hydrogen) atoms. The van der Waals surface area contributed by atoms with Crippen LogP contribution in [0.5, 0.6) is 5.75 Å². The molecule has 1 aliphatic rings. The van der Waals surface area contributed by atoms with Crippen molar-refractivity contribution in [3.05, 3.63) is 84.7 Å². The predicted molar refractivity (Wildman–Crippen MR) is 109 cm³/mol. The van der Waals surface area contributed by atoms with Crippen molar-refractivity contribution in [2.75, 3.05) is 0 Å². The Balaban J connectivity index is 1.75. The summed E-state index contributed by atoms with van der Waals surface area (Å²) in [5.41, 5.74) is -0.183. The van der Waals surface area contributed by atoms with Gasteiger partial charge in [0.25, 0.3) is 0 Å². The van der Waals surface area contributed by atoms with Crippen LogP contribution in [0, 0.1) is 5.82 Å². The summed E-state index contributed by atoms with van der Waals surface area (Å²) in [6.07, 6.45) is 4.10. The first-order chi connectivity index (χ1) is 13.2. The van der Waals surface area contributed by atoms with Crippen LogP contribution in [-0.4, -0.2) is 5.60 Å². The van der Waals surface area contributed by atoms with Crippen LogP contribution in [0.15, 0.2) is 93.5 Å². The lowest BCUT2D eigenvalue weighted by Gasteiger charge is -2.41. The van der Waals surface area contributed by atoms with Gasteiger partial charge >= 0.3 is 0 Å². The molecule has 0 N–H and O–H groups in total. The van der Waals surface area contributed by atoms with Crippen LogP contribution in [0.3, 0.4) is 0 Å². The number of benzene rings is 3. The Morgan fingerprint density at radius 3 is 1.93 bits per heavy atom. The largest absolute Gasteiger partial charge is 0.484 e. The summed E-state index contributed by atoms with van der Waals surface area (Å²) >= 11 is 0. The molecule has 0 aromatic heterocycles. The molecule has 1 fully saturated rings. The van der Waals surface area contributed by atoms with E-state index in [0.29, 0.717) is 5.75 Å². The minimum Gasteiger partial charge on any atom is -0.484 e. The molecular weight excluding hydrogens is 355 g/mol. The maximum Gasteiger partial charge on any atom is 0.170 e. The Morgan fingerprint density at radius 2 is 1.44 bits per heavy atom. The van der Waals surface area contributed by atoms with Crippen molar-refractivity contribution < 1.29 is 9.13 Å². The first-order valence-electron chi connectivity index (χ1n) is 9.54. The van der Waals surface area contributed by atoms with E-state index in [1.54, 1.807) is 6.07 Å². The van der Waals surface area contributed by atoms with Gasteiger partial charge in [-0.2, -0.15) is 0 Å². The standard InChI is InChI=1S/C24H24FOS/c1-2-24(16-9-17-24)26-23-18-21(14-15-22(23)25)27(19-10-5-3-6-11-19)20-12-7-4-8-13-20/h3-8,10-15,18H,2,9,16-17H2,1H3/q+1. The first kappa shape index (κ1) is 18.1. The highest BCUT2D eigenvalue weighted by molar-refractivity contribution is 7.97. The van der Waals surface area contributed by atoms with Gasteiger partial charge in [0.1, 0.15) is 5.60 Å². The lowest BCUT2D eigenvalue weighted by atomic mass is 9.78. The molecule has 0 amide bonds. The molecule has 0 heterocycles. The zero-order valence-electron chi connectivity index (χ0n) is 15.5. The summed E-state index contributed by atoms with van der Waals surface area (Å²) in [5, 5.41) is 0. The Hall–Kier alpha value is -2.26. The smallest absolute Gasteiger partial charge is 0.170 e. The van der Waals surface area contributed by atoms with Crippen molar-refractivity contribution in [3.8, 4) is 5.75 Å². The topological polar surface area (TPSA) is 9.23 Å². The minimum atomic E-state index is -0.294. The van der Waals surface area contributed by atoms with Crippen LogP contribution in [0.4, 0.5) is 4.39 Å². The maximum absolute atomic E-state index is 14.5. The summed E-state index contributed by atoms with van der Waals surface area (Å²) in [7, 11) is -0.294. The van der Waals surface area contributed by atoms with Gasteiger partial charge < -0.3 is 4.74 Å². The number of ether oxygens (including phenoxy) is 1. The summed E-state index contributed by atoms with van der Waals surface area (Å²) < 4.78 is 20.8. The van der Waals surface area contributed by atoms with Crippen LogP contribution >= 0.6 is 0 Å². The fourth-order valence-electron chi connectivity index (χ4n) is 3.54. The third-order valence-corrected chi connectivity index (χ3v) is 7.54. The van der Waals surface area contributed by atoms with Gasteiger partial charge in [-0.1, -0.05) is 43.3 Å². The highest BCUT2D eigenvalue weighted by Crippen LogP contribution is 2.41. The molecule has 0 spiro atoms. The van der Waals surface area contributed by atoms with Crippen LogP contribution in [0.25, 0.3) is 0 Å². The minimum absolute atomic E-state index is 0.183. The SMILES string of the molecule is CCC1(Oc2cc([S+](c3ccccc3)c3ccccc3)ccc2F)CCC1. The molecule has 0 bridgehead atoms. The van der Waals surface area contributed by atoms with Crippen molar-refractivity contribution in [2.45, 2.75) is 52.9 Å². The number of rotatable bonds is 6. The number of hydrogen-bond acceptors (Lipinski definition) is 1. The fourth-order valence-corrected chi connectivity index (χ4v) is 5.65. The number of hydrogen-bond donors (Lipinski definition) is 0. The van der Waals surface area contributed by atoms with E-state index < -0.39 is 0 Å². The van der Waals surface area contributed by atoms with Crippen molar-refractivity contribution in [2.24, 2.45) is 0 Å². The monoisotopic (exact) mass is 379 g/mol. The van der Waals surface area contributed by atoms with Gasteiger partial charge in [-0.05, 0) is 62.1 Å². The molecule has 3 aromatic carbocycles. The van der Waals surface area contributed by atoms with Gasteiger partial charge in [-0.15, -0.1) is 0 Å². The molecule has 0 unspecified atom stereocenters. The second-order valence-corrected chi connectivity index (χ2v) is 9.04. The average molecular weight is 380 g/mol. The highest BCUT2D eigenvalue weighted by Gasteiger charge is 2.39. The third kappa shape index (κ3) is 3.74. The second kappa shape index (κ2) is 7.77. The van der Waals surface area contributed by atoms with Crippen molar-refractivity contribution in [1.82, 2.24) is 0 Å². The van der Waals surface area contributed by atoms with Crippen molar-refractivity contribution >= 4 is 10.9 Å². The fraction of sp³-hybridized carbons (Fsp3) is 0.250. The summed E-state index contributed by atoms with van der Waals surface area (Å²) in [6, 6.07) is 26.2. The normalized spacial score (nSPS) is 15.4. The average Bonchev–Trinajstić information content (AvgIpc) is 2.69. The van der Waals surface area contributed by atoms with Crippen molar-refractivity contribution in [3.63, 3.8) is 0 Å². The lowest BCUT2D eigenvalue weighted by Crippen LogP contribution is -2.42. The molecule has 0 radical (unpaired) electrons. The number of halogens is 1.